The number of aldehydes is 1. The van der Waals surface area contributed by atoms with Gasteiger partial charge in [0.1, 0.15) is 5.82 Å². The van der Waals surface area contributed by atoms with E-state index in [1.807, 2.05) is 0 Å². The molecular weight excluding hydrogens is 223 g/mol. The molecule has 0 unspecified atom stereocenters. The molecule has 0 aromatic heterocycles. The number of rotatable bonds is 3. The van der Waals surface area contributed by atoms with Gasteiger partial charge in [0, 0.05) is 10.6 Å². The van der Waals surface area contributed by atoms with Crippen molar-refractivity contribution in [2.75, 3.05) is 7.11 Å². The van der Waals surface area contributed by atoms with Gasteiger partial charge >= 0.3 is 5.97 Å². The van der Waals surface area contributed by atoms with Gasteiger partial charge in [0.2, 0.25) is 0 Å². The number of methoxy groups -OCH3 is 1. The van der Waals surface area contributed by atoms with Crippen molar-refractivity contribution in [1.29, 1.82) is 0 Å². The molecule has 0 N–H and O–H groups in total. The molecule has 15 heavy (non-hydrogen) atoms. The first-order valence-corrected chi connectivity index (χ1v) is 4.46. The van der Waals surface area contributed by atoms with Gasteiger partial charge in [-0.1, -0.05) is 11.6 Å². The number of hydrogen-bond donors (Lipinski definition) is 0. The van der Waals surface area contributed by atoms with Crippen molar-refractivity contribution in [1.82, 2.24) is 0 Å². The number of esters is 1. The lowest BCUT2D eigenvalue weighted by Gasteiger charge is -2.05. The summed E-state index contributed by atoms with van der Waals surface area (Å²) in [5.41, 5.74) is -0.147. The Morgan fingerprint density at radius 2 is 2.27 bits per heavy atom. The summed E-state index contributed by atoms with van der Waals surface area (Å²) in [6.45, 7) is 0. The van der Waals surface area contributed by atoms with Gasteiger partial charge in [0.15, 0.2) is 6.29 Å². The number of carbonyl (C=O) groups is 2. The Kier molecular flexibility index (Phi) is 3.80. The van der Waals surface area contributed by atoms with Crippen molar-refractivity contribution in [3.8, 4) is 0 Å². The molecule has 0 atom stereocenters. The lowest BCUT2D eigenvalue weighted by atomic mass is 10.1. The molecule has 0 aliphatic rings. The second-order valence-electron chi connectivity index (χ2n) is 2.80. The van der Waals surface area contributed by atoms with Crippen molar-refractivity contribution in [2.45, 2.75) is 6.42 Å². The summed E-state index contributed by atoms with van der Waals surface area (Å²) in [6, 6.07) is 2.62. The first kappa shape index (κ1) is 11.7. The molecule has 0 saturated carbocycles. The largest absolute Gasteiger partial charge is 0.469 e. The van der Waals surface area contributed by atoms with Gasteiger partial charge < -0.3 is 4.74 Å². The van der Waals surface area contributed by atoms with Crippen LogP contribution in [0.5, 0.6) is 0 Å². The van der Waals surface area contributed by atoms with Crippen LogP contribution in [-0.2, 0) is 16.0 Å². The summed E-state index contributed by atoms with van der Waals surface area (Å²) in [7, 11) is 1.19. The Hall–Kier alpha value is -1.42. The molecule has 0 radical (unpaired) electrons. The molecular formula is C10H8ClFO3. The minimum absolute atomic E-state index is 0.0203. The smallest absolute Gasteiger partial charge is 0.310 e. The van der Waals surface area contributed by atoms with Crippen molar-refractivity contribution >= 4 is 23.9 Å². The van der Waals surface area contributed by atoms with E-state index in [-0.39, 0.29) is 22.6 Å². The summed E-state index contributed by atoms with van der Waals surface area (Å²) >= 11 is 5.70. The molecule has 0 fully saturated rings. The normalized spacial score (nSPS) is 9.80. The maximum absolute atomic E-state index is 13.5. The van der Waals surface area contributed by atoms with Gasteiger partial charge in [-0.05, 0) is 12.1 Å². The molecule has 1 aromatic carbocycles. The van der Waals surface area contributed by atoms with E-state index in [1.165, 1.54) is 19.2 Å². The van der Waals surface area contributed by atoms with Crippen molar-refractivity contribution < 1.29 is 18.7 Å². The number of halogens is 2. The molecule has 3 nitrogen and oxygen atoms in total. The SMILES string of the molecule is COC(=O)Cc1c(Cl)ccc(C=O)c1F. The highest BCUT2D eigenvalue weighted by Gasteiger charge is 2.15. The lowest BCUT2D eigenvalue weighted by molar-refractivity contribution is -0.139. The van der Waals surface area contributed by atoms with Crippen molar-refractivity contribution in [2.24, 2.45) is 0 Å². The second kappa shape index (κ2) is 4.89. The average molecular weight is 231 g/mol. The Balaban J connectivity index is 3.15. The third-order valence-corrected chi connectivity index (χ3v) is 2.25. The number of ether oxygens (including phenoxy) is 1. The zero-order chi connectivity index (χ0) is 11.4. The third-order valence-electron chi connectivity index (χ3n) is 1.89. The summed E-state index contributed by atoms with van der Waals surface area (Å²) in [4.78, 5) is 21.4. The molecule has 0 amide bonds. The minimum atomic E-state index is -0.775. The molecule has 5 heteroatoms. The van der Waals surface area contributed by atoms with Crippen molar-refractivity contribution in [3.63, 3.8) is 0 Å². The van der Waals surface area contributed by atoms with Gasteiger partial charge in [-0.2, -0.15) is 0 Å². The monoisotopic (exact) mass is 230 g/mol. The molecule has 0 spiro atoms. The highest BCUT2D eigenvalue weighted by atomic mass is 35.5. The summed E-state index contributed by atoms with van der Waals surface area (Å²) in [5.74, 6) is -1.39. The van der Waals surface area contributed by atoms with Crippen LogP contribution in [0.1, 0.15) is 15.9 Å². The van der Waals surface area contributed by atoms with Crippen LogP contribution in [0, 0.1) is 5.82 Å². The van der Waals surface area contributed by atoms with Crippen LogP contribution in [-0.4, -0.2) is 19.4 Å². The van der Waals surface area contributed by atoms with E-state index in [2.05, 4.69) is 4.74 Å². The quantitative estimate of drug-likeness (QED) is 0.589. The van der Waals surface area contributed by atoms with Crippen LogP contribution >= 0.6 is 11.6 Å². The van der Waals surface area contributed by atoms with E-state index in [1.54, 1.807) is 0 Å². The maximum atomic E-state index is 13.5. The second-order valence-corrected chi connectivity index (χ2v) is 3.21. The zero-order valence-electron chi connectivity index (χ0n) is 7.92. The molecule has 1 aromatic rings. The molecule has 0 heterocycles. The van der Waals surface area contributed by atoms with Gasteiger partial charge in [0.25, 0.3) is 0 Å². The molecule has 1 rings (SSSR count). The highest BCUT2D eigenvalue weighted by molar-refractivity contribution is 6.31. The zero-order valence-corrected chi connectivity index (χ0v) is 8.68. The van der Waals surface area contributed by atoms with Crippen LogP contribution in [0.2, 0.25) is 5.02 Å². The molecule has 80 valence electrons. The number of carbonyl (C=O) groups excluding carboxylic acids is 2. The first-order valence-electron chi connectivity index (χ1n) is 4.09. The fourth-order valence-corrected chi connectivity index (χ4v) is 1.30. The van der Waals surface area contributed by atoms with Gasteiger partial charge in [0.05, 0.1) is 19.1 Å². The fraction of sp³-hybridized carbons (Fsp3) is 0.200. The number of benzene rings is 1. The first-order chi connectivity index (χ1) is 7.10. The van der Waals surface area contributed by atoms with Crippen molar-refractivity contribution in [3.05, 3.63) is 34.1 Å². The van der Waals surface area contributed by atoms with E-state index in [4.69, 9.17) is 11.6 Å². The van der Waals surface area contributed by atoms with Crippen LogP contribution in [0.3, 0.4) is 0 Å². The summed E-state index contributed by atoms with van der Waals surface area (Å²) < 4.78 is 17.9. The van der Waals surface area contributed by atoms with E-state index >= 15 is 0 Å². The highest BCUT2D eigenvalue weighted by Crippen LogP contribution is 2.22. The fourth-order valence-electron chi connectivity index (χ4n) is 1.09. The predicted molar refractivity (Wildman–Crippen MR) is 52.5 cm³/mol. The molecule has 0 aliphatic carbocycles. The summed E-state index contributed by atoms with van der Waals surface area (Å²) in [5, 5.41) is 0.100. The standard InChI is InChI=1S/C10H8ClFO3/c1-15-9(14)4-7-8(11)3-2-6(5-13)10(7)12/h2-3,5H,4H2,1H3. The number of hydrogen-bond acceptors (Lipinski definition) is 3. The summed E-state index contributed by atoms with van der Waals surface area (Å²) in [6.07, 6.45) is 0.0787. The van der Waals surface area contributed by atoms with Crippen LogP contribution < -0.4 is 0 Å². The molecule has 0 saturated heterocycles. The minimum Gasteiger partial charge on any atom is -0.469 e. The lowest BCUT2D eigenvalue weighted by Crippen LogP contribution is -2.08. The van der Waals surface area contributed by atoms with E-state index in [0.717, 1.165) is 0 Å². The Bertz CT molecular complexity index is 404. The molecule has 0 bridgehead atoms. The topological polar surface area (TPSA) is 43.4 Å². The average Bonchev–Trinajstić information content (AvgIpc) is 2.24. The van der Waals surface area contributed by atoms with Gasteiger partial charge in [-0.3, -0.25) is 9.59 Å². The molecule has 0 aliphatic heterocycles. The van der Waals surface area contributed by atoms with Crippen LogP contribution in [0.4, 0.5) is 4.39 Å². The van der Waals surface area contributed by atoms with Crippen LogP contribution in [0.25, 0.3) is 0 Å². The van der Waals surface area contributed by atoms with Gasteiger partial charge in [-0.15, -0.1) is 0 Å². The Morgan fingerprint density at radius 3 is 2.80 bits per heavy atom. The van der Waals surface area contributed by atoms with E-state index < -0.39 is 11.8 Å². The Labute approximate surface area is 90.8 Å². The van der Waals surface area contributed by atoms with E-state index in [0.29, 0.717) is 6.29 Å². The van der Waals surface area contributed by atoms with Crippen LogP contribution in [0.15, 0.2) is 12.1 Å². The Morgan fingerprint density at radius 1 is 1.60 bits per heavy atom. The van der Waals surface area contributed by atoms with E-state index in [9.17, 15) is 14.0 Å². The maximum Gasteiger partial charge on any atom is 0.310 e. The van der Waals surface area contributed by atoms with Gasteiger partial charge in [-0.25, -0.2) is 4.39 Å². The predicted octanol–water partition coefficient (Wildman–Crippen LogP) is 2.01. The third kappa shape index (κ3) is 2.53.